The Kier molecular flexibility index (Phi) is 5.26. The Morgan fingerprint density at radius 3 is 2.36 bits per heavy atom. The molecule has 0 fully saturated rings. The van der Waals surface area contributed by atoms with Crippen molar-refractivity contribution in [3.8, 4) is 0 Å². The SMILES string of the molecule is CCOC(=O)[C@@H]1C(NO)=NC(c2ccccc2)=C[C@H]1c1ccccc1. The Morgan fingerprint density at radius 1 is 1.12 bits per heavy atom. The molecule has 3 rings (SSSR count). The Morgan fingerprint density at radius 2 is 1.76 bits per heavy atom. The zero-order valence-corrected chi connectivity index (χ0v) is 13.9. The van der Waals surface area contributed by atoms with Gasteiger partial charge in [0.1, 0.15) is 11.8 Å². The number of nitrogens with one attached hydrogen (secondary N) is 1. The summed E-state index contributed by atoms with van der Waals surface area (Å²) in [5.74, 6) is -1.24. The minimum Gasteiger partial charge on any atom is -0.465 e. The highest BCUT2D eigenvalue weighted by molar-refractivity contribution is 6.05. The number of aliphatic imine (C=N–C) groups is 1. The molecule has 2 aromatic carbocycles. The van der Waals surface area contributed by atoms with Gasteiger partial charge in [-0.1, -0.05) is 60.7 Å². The van der Waals surface area contributed by atoms with Crippen molar-refractivity contribution in [1.29, 1.82) is 0 Å². The summed E-state index contributed by atoms with van der Waals surface area (Å²) in [7, 11) is 0. The summed E-state index contributed by atoms with van der Waals surface area (Å²) in [5.41, 5.74) is 4.67. The van der Waals surface area contributed by atoms with Crippen LogP contribution >= 0.6 is 0 Å². The van der Waals surface area contributed by atoms with Crippen molar-refractivity contribution in [1.82, 2.24) is 5.48 Å². The quantitative estimate of drug-likeness (QED) is 0.663. The predicted octanol–water partition coefficient (Wildman–Crippen LogP) is 3.38. The Balaban J connectivity index is 2.09. The van der Waals surface area contributed by atoms with Crippen molar-refractivity contribution in [2.75, 3.05) is 6.61 Å². The van der Waals surface area contributed by atoms with Gasteiger partial charge in [0.2, 0.25) is 0 Å². The topological polar surface area (TPSA) is 70.9 Å². The molecule has 2 aromatic rings. The molecule has 0 saturated carbocycles. The van der Waals surface area contributed by atoms with Crippen LogP contribution in [0.15, 0.2) is 71.7 Å². The molecule has 0 spiro atoms. The van der Waals surface area contributed by atoms with Gasteiger partial charge in [0.25, 0.3) is 0 Å². The van der Waals surface area contributed by atoms with E-state index in [1.54, 1.807) is 6.92 Å². The lowest BCUT2D eigenvalue weighted by Gasteiger charge is -2.28. The normalized spacial score (nSPS) is 19.6. The number of carbonyl (C=O) groups excluding carboxylic acids is 1. The molecule has 2 N–H and O–H groups in total. The minimum atomic E-state index is -0.722. The number of carbonyl (C=O) groups is 1. The third-order valence-electron chi connectivity index (χ3n) is 4.14. The highest BCUT2D eigenvalue weighted by Gasteiger charge is 2.37. The van der Waals surface area contributed by atoms with Crippen LogP contribution in [-0.4, -0.2) is 23.6 Å². The van der Waals surface area contributed by atoms with Gasteiger partial charge in [-0.2, -0.15) is 0 Å². The van der Waals surface area contributed by atoms with E-state index in [0.29, 0.717) is 5.70 Å². The molecule has 2 atom stereocenters. The molecule has 0 bridgehead atoms. The molecule has 1 heterocycles. The summed E-state index contributed by atoms with van der Waals surface area (Å²) in [5, 5.41) is 9.59. The van der Waals surface area contributed by atoms with Crippen LogP contribution in [0, 0.1) is 5.92 Å². The Bertz CT molecular complexity index is 785. The molecule has 0 aliphatic carbocycles. The number of benzene rings is 2. The number of allylic oxidation sites excluding steroid dienone is 1. The van der Waals surface area contributed by atoms with Gasteiger partial charge in [-0.05, 0) is 24.1 Å². The molecule has 0 unspecified atom stereocenters. The number of hydrogen-bond acceptors (Lipinski definition) is 5. The molecule has 128 valence electrons. The first-order chi connectivity index (χ1) is 12.2. The molecule has 0 aromatic heterocycles. The molecule has 0 radical (unpaired) electrons. The summed E-state index contributed by atoms with van der Waals surface area (Å²) in [6.45, 7) is 2.03. The third kappa shape index (κ3) is 3.61. The van der Waals surface area contributed by atoms with Crippen molar-refractivity contribution in [2.24, 2.45) is 10.9 Å². The van der Waals surface area contributed by atoms with Gasteiger partial charge in [-0.15, -0.1) is 0 Å². The monoisotopic (exact) mass is 336 g/mol. The number of esters is 1. The van der Waals surface area contributed by atoms with Crippen molar-refractivity contribution in [3.63, 3.8) is 0 Å². The highest BCUT2D eigenvalue weighted by atomic mass is 16.5. The largest absolute Gasteiger partial charge is 0.465 e. The molecule has 5 nitrogen and oxygen atoms in total. The lowest BCUT2D eigenvalue weighted by Crippen LogP contribution is -2.40. The van der Waals surface area contributed by atoms with E-state index in [-0.39, 0.29) is 18.4 Å². The lowest BCUT2D eigenvalue weighted by molar-refractivity contribution is -0.146. The van der Waals surface area contributed by atoms with Crippen LogP contribution in [0.4, 0.5) is 0 Å². The number of rotatable bonds is 4. The van der Waals surface area contributed by atoms with E-state index >= 15 is 0 Å². The number of ether oxygens (including phenoxy) is 1. The fourth-order valence-electron chi connectivity index (χ4n) is 2.99. The van der Waals surface area contributed by atoms with Crippen LogP contribution in [0.3, 0.4) is 0 Å². The van der Waals surface area contributed by atoms with E-state index in [1.807, 2.05) is 66.7 Å². The summed E-state index contributed by atoms with van der Waals surface area (Å²) in [6.07, 6.45) is 1.95. The first-order valence-electron chi connectivity index (χ1n) is 8.22. The number of amidine groups is 1. The molecule has 1 aliphatic rings. The van der Waals surface area contributed by atoms with Gasteiger partial charge in [-0.3, -0.25) is 15.5 Å². The van der Waals surface area contributed by atoms with E-state index in [2.05, 4.69) is 10.5 Å². The average molecular weight is 336 g/mol. The number of hydrogen-bond donors (Lipinski definition) is 2. The molecule has 25 heavy (non-hydrogen) atoms. The first kappa shape index (κ1) is 16.9. The van der Waals surface area contributed by atoms with Crippen molar-refractivity contribution in [3.05, 3.63) is 77.9 Å². The number of nitrogens with zero attached hydrogens (tertiary/aromatic N) is 1. The smallest absolute Gasteiger partial charge is 0.317 e. The van der Waals surface area contributed by atoms with Gasteiger partial charge in [0.05, 0.1) is 12.3 Å². The van der Waals surface area contributed by atoms with E-state index in [4.69, 9.17) is 4.74 Å². The van der Waals surface area contributed by atoms with Crippen LogP contribution in [-0.2, 0) is 9.53 Å². The van der Waals surface area contributed by atoms with Gasteiger partial charge in [-0.25, -0.2) is 4.99 Å². The Labute approximate surface area is 146 Å². The maximum Gasteiger partial charge on any atom is 0.317 e. The van der Waals surface area contributed by atoms with Gasteiger partial charge >= 0.3 is 5.97 Å². The summed E-state index contributed by atoms with van der Waals surface area (Å²) in [6, 6.07) is 19.3. The minimum absolute atomic E-state index is 0.189. The van der Waals surface area contributed by atoms with Crippen molar-refractivity contribution < 1.29 is 14.7 Å². The fourth-order valence-corrected chi connectivity index (χ4v) is 2.99. The van der Waals surface area contributed by atoms with E-state index in [9.17, 15) is 10.0 Å². The highest BCUT2D eigenvalue weighted by Crippen LogP contribution is 2.36. The molecule has 0 saturated heterocycles. The second-order valence-corrected chi connectivity index (χ2v) is 5.69. The molecule has 1 aliphatic heterocycles. The van der Waals surface area contributed by atoms with Gasteiger partial charge in [0, 0.05) is 5.92 Å². The van der Waals surface area contributed by atoms with Crippen LogP contribution in [0.1, 0.15) is 24.0 Å². The summed E-state index contributed by atoms with van der Waals surface area (Å²) < 4.78 is 5.21. The average Bonchev–Trinajstić information content (AvgIpc) is 2.68. The zero-order chi connectivity index (χ0) is 17.6. The van der Waals surface area contributed by atoms with E-state index in [0.717, 1.165) is 11.1 Å². The molecule has 0 amide bonds. The van der Waals surface area contributed by atoms with Crippen LogP contribution in [0.2, 0.25) is 0 Å². The van der Waals surface area contributed by atoms with Gasteiger partial charge in [0.15, 0.2) is 0 Å². The first-order valence-corrected chi connectivity index (χ1v) is 8.22. The number of hydroxylamine groups is 1. The van der Waals surface area contributed by atoms with Crippen LogP contribution < -0.4 is 5.48 Å². The summed E-state index contributed by atoms with van der Waals surface area (Å²) >= 11 is 0. The van der Waals surface area contributed by atoms with Gasteiger partial charge < -0.3 is 4.74 Å². The third-order valence-corrected chi connectivity index (χ3v) is 4.14. The van der Waals surface area contributed by atoms with Crippen molar-refractivity contribution in [2.45, 2.75) is 12.8 Å². The van der Waals surface area contributed by atoms with Crippen molar-refractivity contribution >= 4 is 17.5 Å². The second kappa shape index (κ2) is 7.77. The lowest BCUT2D eigenvalue weighted by atomic mass is 9.82. The summed E-state index contributed by atoms with van der Waals surface area (Å²) in [4.78, 5) is 17.0. The maximum atomic E-state index is 12.5. The fraction of sp³-hybridized carbons (Fsp3) is 0.200. The van der Waals surface area contributed by atoms with Crippen LogP contribution in [0.5, 0.6) is 0 Å². The van der Waals surface area contributed by atoms with Crippen LogP contribution in [0.25, 0.3) is 5.70 Å². The second-order valence-electron chi connectivity index (χ2n) is 5.69. The van der Waals surface area contributed by atoms with E-state index in [1.165, 1.54) is 0 Å². The molecular weight excluding hydrogens is 316 g/mol. The van der Waals surface area contributed by atoms with E-state index < -0.39 is 11.9 Å². The molecule has 5 heteroatoms. The zero-order valence-electron chi connectivity index (χ0n) is 13.9. The Hall–Kier alpha value is -2.92. The maximum absolute atomic E-state index is 12.5. The predicted molar refractivity (Wildman–Crippen MR) is 96.1 cm³/mol. The standard InChI is InChI=1S/C20H20N2O3/c1-2-25-20(23)18-16(14-9-5-3-6-10-14)13-17(21-19(18)22-24)15-11-7-4-8-12-15/h3-13,16,18,24H,2H2,1H3,(H,21,22)/t16-,18-/m0/s1. The molecular formula is C20H20N2O3.